The van der Waals surface area contributed by atoms with E-state index < -0.39 is 5.97 Å². The number of aryl methyl sites for hydroxylation is 1. The average Bonchev–Trinajstić information content (AvgIpc) is 3.38. The summed E-state index contributed by atoms with van der Waals surface area (Å²) in [6.07, 6.45) is 10.8. The smallest absolute Gasteiger partial charge is 0.339 e. The molecular weight excluding hydrogens is 478 g/mol. The summed E-state index contributed by atoms with van der Waals surface area (Å²) in [5, 5.41) is 22.7. The third-order valence-electron chi connectivity index (χ3n) is 8.07. The molecule has 4 aromatic rings. The molecule has 0 aliphatic heterocycles. The maximum Gasteiger partial charge on any atom is 0.339 e. The molecule has 0 spiro atoms. The third-order valence-corrected chi connectivity index (χ3v) is 8.07. The summed E-state index contributed by atoms with van der Waals surface area (Å²) >= 11 is 0. The Labute approximate surface area is 222 Å². The van der Waals surface area contributed by atoms with Crippen LogP contribution in [0.25, 0.3) is 16.8 Å². The second kappa shape index (κ2) is 10.1. The van der Waals surface area contributed by atoms with E-state index >= 15 is 0 Å². The van der Waals surface area contributed by atoms with Crippen molar-refractivity contribution in [3.63, 3.8) is 0 Å². The van der Waals surface area contributed by atoms with Gasteiger partial charge in [0, 0.05) is 25.1 Å². The van der Waals surface area contributed by atoms with Crippen LogP contribution in [0.2, 0.25) is 0 Å². The topological polar surface area (TPSA) is 95.1 Å². The Kier molecular flexibility index (Phi) is 6.47. The summed E-state index contributed by atoms with van der Waals surface area (Å²) in [7, 11) is 1.84. The molecule has 2 fully saturated rings. The number of ether oxygens (including phenoxy) is 1. The quantitative estimate of drug-likeness (QED) is 0.312. The molecule has 196 valence electrons. The molecule has 38 heavy (non-hydrogen) atoms. The average molecular weight is 512 g/mol. The Balaban J connectivity index is 1.28. The van der Waals surface area contributed by atoms with Gasteiger partial charge in [-0.1, -0.05) is 48.7 Å². The molecule has 2 aliphatic rings. The zero-order chi connectivity index (χ0) is 26.2. The van der Waals surface area contributed by atoms with E-state index in [1.165, 1.54) is 38.3 Å². The summed E-state index contributed by atoms with van der Waals surface area (Å²) in [4.78, 5) is 12.1. The maximum atomic E-state index is 12.1. The van der Waals surface area contributed by atoms with Gasteiger partial charge in [-0.25, -0.2) is 9.48 Å². The van der Waals surface area contributed by atoms with Crippen LogP contribution in [-0.4, -0.2) is 42.0 Å². The number of carboxylic acid groups (broad SMARTS) is 1. The Morgan fingerprint density at radius 1 is 1.05 bits per heavy atom. The van der Waals surface area contributed by atoms with Gasteiger partial charge >= 0.3 is 5.97 Å². The van der Waals surface area contributed by atoms with E-state index in [0.29, 0.717) is 11.6 Å². The minimum Gasteiger partial charge on any atom is -0.490 e. The van der Waals surface area contributed by atoms with Crippen LogP contribution < -0.4 is 4.74 Å². The van der Waals surface area contributed by atoms with Gasteiger partial charge in [-0.2, -0.15) is 5.10 Å². The van der Waals surface area contributed by atoms with Crippen LogP contribution in [0.4, 0.5) is 0 Å². The van der Waals surface area contributed by atoms with Gasteiger partial charge in [-0.3, -0.25) is 4.68 Å². The zero-order valence-corrected chi connectivity index (χ0v) is 21.8. The lowest BCUT2D eigenvalue weighted by Crippen LogP contribution is -2.25. The molecule has 0 amide bonds. The molecule has 2 aromatic carbocycles. The van der Waals surface area contributed by atoms with Crippen LogP contribution in [0.5, 0.6) is 5.75 Å². The van der Waals surface area contributed by atoms with Gasteiger partial charge in [0.2, 0.25) is 0 Å². The van der Waals surface area contributed by atoms with Gasteiger partial charge in [-0.15, -0.1) is 5.10 Å². The van der Waals surface area contributed by atoms with E-state index in [0.717, 1.165) is 34.7 Å². The second-order valence-corrected chi connectivity index (χ2v) is 10.7. The third kappa shape index (κ3) is 4.83. The van der Waals surface area contributed by atoms with Crippen molar-refractivity contribution in [3.8, 4) is 22.6 Å². The highest BCUT2D eigenvalue weighted by molar-refractivity contribution is 5.89. The minimum atomic E-state index is -0.968. The van der Waals surface area contributed by atoms with Gasteiger partial charge in [0.25, 0.3) is 0 Å². The predicted molar refractivity (Wildman–Crippen MR) is 144 cm³/mol. The molecule has 8 heteroatoms. The lowest BCUT2D eigenvalue weighted by atomic mass is 9.86. The highest BCUT2D eigenvalue weighted by Crippen LogP contribution is 2.55. The fourth-order valence-electron chi connectivity index (χ4n) is 5.93. The number of hydrogen-bond donors (Lipinski definition) is 1. The minimum absolute atomic E-state index is 0.0296. The van der Waals surface area contributed by atoms with Crippen molar-refractivity contribution < 1.29 is 14.6 Å². The van der Waals surface area contributed by atoms with Crippen molar-refractivity contribution in [2.24, 2.45) is 13.0 Å². The van der Waals surface area contributed by atoms with Crippen LogP contribution in [0.3, 0.4) is 0 Å². The summed E-state index contributed by atoms with van der Waals surface area (Å²) < 4.78 is 9.83. The molecule has 6 rings (SSSR count). The van der Waals surface area contributed by atoms with E-state index in [2.05, 4.69) is 46.6 Å². The molecule has 0 saturated heterocycles. The highest BCUT2D eigenvalue weighted by atomic mass is 16.5. The molecule has 1 unspecified atom stereocenters. The lowest BCUT2D eigenvalue weighted by molar-refractivity contribution is 0.0695. The van der Waals surface area contributed by atoms with E-state index in [9.17, 15) is 9.90 Å². The van der Waals surface area contributed by atoms with Gasteiger partial charge < -0.3 is 9.84 Å². The molecule has 2 heterocycles. The van der Waals surface area contributed by atoms with Crippen LogP contribution in [0.1, 0.15) is 79.0 Å². The van der Waals surface area contributed by atoms with Gasteiger partial charge in [0.15, 0.2) is 0 Å². The zero-order valence-electron chi connectivity index (χ0n) is 21.8. The standard InChI is InChI=1S/C30H33N5O3/c1-19(20-8-4-3-5-9-20)38-24-13-7-11-22(15-24)21-10-6-12-23(14-21)35-29(27(17-31-35)30(36)37)26-16-25(26)28-18-34(2)33-32-28/h6-7,10-15,17-20,25-26H,3-5,8-9,16H2,1-2H3,(H,36,37)/t19?,25-,26-/m1/s1. The Bertz CT molecular complexity index is 1450. The number of carboxylic acids is 1. The largest absolute Gasteiger partial charge is 0.490 e. The first-order valence-electron chi connectivity index (χ1n) is 13.5. The van der Waals surface area contributed by atoms with Crippen LogP contribution >= 0.6 is 0 Å². The molecule has 2 saturated carbocycles. The first-order chi connectivity index (χ1) is 18.5. The first-order valence-corrected chi connectivity index (χ1v) is 13.5. The van der Waals surface area contributed by atoms with Crippen LogP contribution in [0.15, 0.2) is 60.9 Å². The predicted octanol–water partition coefficient (Wildman–Crippen LogP) is 5.98. The molecule has 3 atom stereocenters. The second-order valence-electron chi connectivity index (χ2n) is 10.7. The summed E-state index contributed by atoms with van der Waals surface area (Å²) in [5.74, 6) is 0.695. The van der Waals surface area contributed by atoms with Gasteiger partial charge in [-0.05, 0) is 67.5 Å². The van der Waals surface area contributed by atoms with Crippen molar-refractivity contribution in [3.05, 3.63) is 77.9 Å². The van der Waals surface area contributed by atoms with E-state index in [-0.39, 0.29) is 23.5 Å². The maximum absolute atomic E-state index is 12.1. The van der Waals surface area contributed by atoms with E-state index in [4.69, 9.17) is 4.74 Å². The number of nitrogens with zero attached hydrogens (tertiary/aromatic N) is 5. The lowest BCUT2D eigenvalue weighted by Gasteiger charge is -2.28. The van der Waals surface area contributed by atoms with Gasteiger partial charge in [0.05, 0.1) is 29.4 Å². The van der Waals surface area contributed by atoms with Crippen LogP contribution in [-0.2, 0) is 7.05 Å². The molecule has 8 nitrogen and oxygen atoms in total. The molecule has 1 N–H and O–H groups in total. The van der Waals surface area contributed by atoms with Crippen molar-refractivity contribution in [1.82, 2.24) is 24.8 Å². The first kappa shape index (κ1) is 24.4. The van der Waals surface area contributed by atoms with Crippen molar-refractivity contribution >= 4 is 5.97 Å². The Hall–Kier alpha value is -3.94. The Morgan fingerprint density at radius 3 is 2.55 bits per heavy atom. The monoisotopic (exact) mass is 511 g/mol. The van der Waals surface area contributed by atoms with Crippen molar-refractivity contribution in [2.75, 3.05) is 0 Å². The fraction of sp³-hybridized carbons (Fsp3) is 0.400. The normalized spacial score (nSPS) is 20.3. The fourth-order valence-corrected chi connectivity index (χ4v) is 5.93. The van der Waals surface area contributed by atoms with Gasteiger partial charge in [0.1, 0.15) is 11.3 Å². The van der Waals surface area contributed by atoms with Crippen molar-refractivity contribution in [2.45, 2.75) is 63.4 Å². The molecule has 2 aliphatic carbocycles. The van der Waals surface area contributed by atoms with Crippen molar-refractivity contribution in [1.29, 1.82) is 0 Å². The Morgan fingerprint density at radius 2 is 1.82 bits per heavy atom. The number of hydrogen-bond acceptors (Lipinski definition) is 5. The molecule has 0 bridgehead atoms. The SMILES string of the molecule is CC(Oc1cccc(-c2cccc(-n3ncc(C(=O)O)c3[C@@H]3C[C@H]3c3cn(C)nn3)c2)c1)C1CCCCC1. The number of aromatic nitrogens is 5. The highest BCUT2D eigenvalue weighted by Gasteiger charge is 2.46. The molecule has 0 radical (unpaired) electrons. The summed E-state index contributed by atoms with van der Waals surface area (Å²) in [6.45, 7) is 2.19. The summed E-state index contributed by atoms with van der Waals surface area (Å²) in [5.41, 5.74) is 4.74. The molecular formula is C30H33N5O3. The molecule has 2 aromatic heterocycles. The number of aromatic carboxylic acids is 1. The number of benzene rings is 2. The number of carbonyl (C=O) groups is 1. The van der Waals surface area contributed by atoms with E-state index in [1.807, 2.05) is 37.5 Å². The van der Waals surface area contributed by atoms with E-state index in [1.54, 1.807) is 9.36 Å². The summed E-state index contributed by atoms with van der Waals surface area (Å²) in [6, 6.07) is 16.3. The number of rotatable bonds is 8. The van der Waals surface area contributed by atoms with Crippen LogP contribution in [0, 0.1) is 5.92 Å².